The number of nitrogens with two attached hydrogens (primary N) is 1. The van der Waals surface area contributed by atoms with E-state index in [0.717, 1.165) is 11.3 Å². The molecule has 13 nitrogen and oxygen atoms in total. The van der Waals surface area contributed by atoms with Gasteiger partial charge in [-0.2, -0.15) is 0 Å². The Kier molecular flexibility index (Phi) is 6.92. The van der Waals surface area contributed by atoms with Crippen molar-refractivity contribution in [2.75, 3.05) is 37.8 Å². The summed E-state index contributed by atoms with van der Waals surface area (Å²) in [4.78, 5) is 42.8. The number of phenolic OH excluding ortho intramolecular Hbond substituents is 1. The highest BCUT2D eigenvalue weighted by Crippen LogP contribution is 2.54. The van der Waals surface area contributed by atoms with Gasteiger partial charge in [0.15, 0.2) is 17.1 Å². The van der Waals surface area contributed by atoms with Crippen molar-refractivity contribution >= 4 is 50.2 Å². The van der Waals surface area contributed by atoms with Gasteiger partial charge in [-0.1, -0.05) is 6.07 Å². The first kappa shape index (κ1) is 29.6. The number of aromatic hydroxyl groups is 1. The Hall–Kier alpha value is -3.92. The van der Waals surface area contributed by atoms with Crippen molar-refractivity contribution in [2.24, 2.45) is 17.6 Å². The number of thiophene rings is 1. The van der Waals surface area contributed by atoms with Crippen LogP contribution in [0.2, 0.25) is 0 Å². The number of fused-ring (bicyclic) bond motifs is 3. The van der Waals surface area contributed by atoms with Crippen LogP contribution in [0, 0.1) is 11.8 Å². The topological polar surface area (TPSA) is 211 Å². The minimum Gasteiger partial charge on any atom is -0.510 e. The molecule has 3 unspecified atom stereocenters. The molecule has 3 aliphatic carbocycles. The van der Waals surface area contributed by atoms with Gasteiger partial charge in [-0.15, -0.1) is 11.3 Å². The number of primary amides is 1. The number of phenols is 1. The van der Waals surface area contributed by atoms with Gasteiger partial charge in [0.2, 0.25) is 5.78 Å². The van der Waals surface area contributed by atoms with Crippen LogP contribution in [0.25, 0.3) is 0 Å². The van der Waals surface area contributed by atoms with E-state index in [-0.39, 0.29) is 33.9 Å². The molecule has 0 aliphatic heterocycles. The van der Waals surface area contributed by atoms with Crippen LogP contribution in [-0.2, 0) is 26.0 Å². The zero-order chi connectivity index (χ0) is 31.0. The zero-order valence-electron chi connectivity index (χ0n) is 23.1. The molecule has 1 aromatic heterocycles. The van der Waals surface area contributed by atoms with Crippen molar-refractivity contribution in [1.29, 1.82) is 0 Å². The molecule has 5 rings (SSSR count). The summed E-state index contributed by atoms with van der Waals surface area (Å²) in [6, 6.07) is 3.22. The number of ketones is 2. The highest BCUT2D eigenvalue weighted by Gasteiger charge is 2.63. The number of nitrogens with one attached hydrogen (secondary N) is 1. The Bertz CT molecular complexity index is 1710. The number of amides is 1. The average molecular weight is 619 g/mol. The number of sulfonamides is 1. The predicted octanol–water partition coefficient (Wildman–Crippen LogP) is 1.05. The van der Waals surface area contributed by atoms with Crippen LogP contribution in [0.5, 0.6) is 5.75 Å². The van der Waals surface area contributed by atoms with Crippen molar-refractivity contribution < 1.29 is 43.2 Å². The molecule has 3 aliphatic rings. The van der Waals surface area contributed by atoms with Crippen molar-refractivity contribution in [3.63, 3.8) is 0 Å². The van der Waals surface area contributed by atoms with E-state index in [0.29, 0.717) is 11.3 Å². The third-order valence-electron chi connectivity index (χ3n) is 8.19. The number of Topliss-reactive ketones (excluding diaryl/α,β-unsaturated/α-hetero) is 2. The van der Waals surface area contributed by atoms with Crippen LogP contribution in [0.4, 0.5) is 11.4 Å². The SMILES string of the molecule is CN(C)c1cc(NS(=O)(=O)c2cccs2)c(O)c2c1CC1CC3[C@H](N(C)C)C(O)=C(C(N)=O)C(=O)C3(O)C(O)=C1C2=O. The smallest absolute Gasteiger partial charge is 0.271 e. The lowest BCUT2D eigenvalue weighted by Crippen LogP contribution is -2.63. The normalized spacial score (nSPS) is 25.7. The fourth-order valence-corrected chi connectivity index (χ4v) is 8.44. The Morgan fingerprint density at radius 3 is 2.38 bits per heavy atom. The van der Waals surface area contributed by atoms with Crippen LogP contribution in [0.1, 0.15) is 22.3 Å². The number of hydrogen-bond donors (Lipinski definition) is 6. The minimum atomic E-state index is -4.12. The summed E-state index contributed by atoms with van der Waals surface area (Å²) in [6.45, 7) is 0. The Balaban J connectivity index is 1.71. The minimum absolute atomic E-state index is 0.0221. The second kappa shape index (κ2) is 9.83. The summed E-state index contributed by atoms with van der Waals surface area (Å²) in [5.41, 5.74) is 1.56. The number of carbonyl (C=O) groups excluding carboxylic acids is 3. The average Bonchev–Trinajstić information content (AvgIpc) is 3.43. The number of nitrogens with zero attached hydrogens (tertiary/aromatic N) is 2. The first-order chi connectivity index (χ1) is 19.5. The monoisotopic (exact) mass is 618 g/mol. The molecule has 1 heterocycles. The lowest BCUT2D eigenvalue weighted by molar-refractivity contribution is -0.148. The molecule has 42 heavy (non-hydrogen) atoms. The van der Waals surface area contributed by atoms with Gasteiger partial charge in [0, 0.05) is 31.3 Å². The number of rotatable bonds is 6. The fourth-order valence-electron chi connectivity index (χ4n) is 6.39. The molecule has 224 valence electrons. The number of anilines is 2. The molecule has 0 fully saturated rings. The molecule has 0 radical (unpaired) electrons. The van der Waals surface area contributed by atoms with E-state index in [4.69, 9.17) is 5.73 Å². The van der Waals surface area contributed by atoms with Crippen molar-refractivity contribution in [3.8, 4) is 5.75 Å². The van der Waals surface area contributed by atoms with E-state index in [9.17, 15) is 43.2 Å². The molecule has 4 atom stereocenters. The quantitative estimate of drug-likeness (QED) is 0.199. The first-order valence-electron chi connectivity index (χ1n) is 12.8. The second-order valence-electron chi connectivity index (χ2n) is 11.0. The highest BCUT2D eigenvalue weighted by atomic mass is 32.2. The van der Waals surface area contributed by atoms with Gasteiger partial charge in [0.25, 0.3) is 15.9 Å². The Morgan fingerprint density at radius 1 is 1.17 bits per heavy atom. The summed E-state index contributed by atoms with van der Waals surface area (Å²) < 4.78 is 28.2. The van der Waals surface area contributed by atoms with Crippen molar-refractivity contribution in [1.82, 2.24) is 4.90 Å². The van der Waals surface area contributed by atoms with E-state index in [1.165, 1.54) is 17.0 Å². The van der Waals surface area contributed by atoms with Gasteiger partial charge in [0.05, 0.1) is 17.3 Å². The predicted molar refractivity (Wildman–Crippen MR) is 153 cm³/mol. The lowest BCUT2D eigenvalue weighted by Gasteiger charge is -2.50. The van der Waals surface area contributed by atoms with Gasteiger partial charge < -0.3 is 31.1 Å². The van der Waals surface area contributed by atoms with E-state index in [2.05, 4.69) is 4.72 Å². The van der Waals surface area contributed by atoms with E-state index >= 15 is 0 Å². The highest BCUT2D eigenvalue weighted by molar-refractivity contribution is 7.94. The largest absolute Gasteiger partial charge is 0.510 e. The molecular formula is C27H30N4O9S2. The van der Waals surface area contributed by atoms with Crippen LogP contribution in [0.3, 0.4) is 0 Å². The van der Waals surface area contributed by atoms with Crippen LogP contribution < -0.4 is 15.4 Å². The fraction of sp³-hybridized carbons (Fsp3) is 0.370. The molecule has 1 aromatic carbocycles. The van der Waals surface area contributed by atoms with E-state index in [1.807, 2.05) is 0 Å². The van der Waals surface area contributed by atoms with Gasteiger partial charge in [-0.05, 0) is 55.9 Å². The molecule has 15 heteroatoms. The van der Waals surface area contributed by atoms with Gasteiger partial charge in [-0.25, -0.2) is 8.42 Å². The van der Waals surface area contributed by atoms with Crippen LogP contribution in [0.15, 0.2) is 50.5 Å². The molecule has 0 spiro atoms. The zero-order valence-corrected chi connectivity index (χ0v) is 24.7. The van der Waals surface area contributed by atoms with Crippen molar-refractivity contribution in [2.45, 2.75) is 28.7 Å². The molecule has 2 aromatic rings. The number of carbonyl (C=O) groups is 3. The summed E-state index contributed by atoms with van der Waals surface area (Å²) in [5.74, 6) is -7.83. The Morgan fingerprint density at radius 2 is 1.83 bits per heavy atom. The number of allylic oxidation sites excluding steroid dienone is 1. The number of likely N-dealkylation sites (N-methyl/N-ethyl adjacent to an activating group) is 1. The van der Waals surface area contributed by atoms with Crippen LogP contribution >= 0.6 is 11.3 Å². The van der Waals surface area contributed by atoms with Gasteiger partial charge in [0.1, 0.15) is 21.3 Å². The molecule has 7 N–H and O–H groups in total. The lowest BCUT2D eigenvalue weighted by atomic mass is 9.58. The summed E-state index contributed by atoms with van der Waals surface area (Å²) in [5, 5.41) is 46.9. The van der Waals surface area contributed by atoms with E-state index < -0.39 is 73.8 Å². The summed E-state index contributed by atoms with van der Waals surface area (Å²) in [6.07, 6.45) is -0.000280. The number of aliphatic hydroxyl groups is 3. The third-order valence-corrected chi connectivity index (χ3v) is 10.9. The summed E-state index contributed by atoms with van der Waals surface area (Å²) >= 11 is 0.957. The Labute approximate surface area is 245 Å². The third kappa shape index (κ3) is 4.10. The van der Waals surface area contributed by atoms with Crippen molar-refractivity contribution in [3.05, 3.63) is 57.4 Å². The van der Waals surface area contributed by atoms with Gasteiger partial charge in [-0.3, -0.25) is 24.0 Å². The molecule has 1 amide bonds. The molecule has 0 saturated carbocycles. The maximum Gasteiger partial charge on any atom is 0.271 e. The van der Waals surface area contributed by atoms with Crippen LogP contribution in [-0.4, -0.2) is 91.1 Å². The van der Waals surface area contributed by atoms with Gasteiger partial charge >= 0.3 is 0 Å². The number of benzene rings is 1. The molecule has 0 saturated heterocycles. The molecular weight excluding hydrogens is 588 g/mol. The standard InChI is InChI=1S/C27H30N4O9S2/c1-30(2)15-10-14(29-42(39,40)16-6-5-7-41-16)21(32)18-12(15)8-11-9-13-20(31(3)4)23(34)19(26(28)37)25(36)27(13,38)24(35)17(11)22(18)33/h5-7,10-11,13,20,29,32,34-35,38H,8-9H2,1-4H3,(H2,28,37)/t11?,13?,20-,27?/m0/s1. The maximum absolute atomic E-state index is 14.1. The maximum atomic E-state index is 14.1. The first-order valence-corrected chi connectivity index (χ1v) is 15.2. The number of aliphatic hydroxyl groups excluding tert-OH is 2. The van der Waals surface area contributed by atoms with E-state index in [1.54, 1.807) is 44.5 Å². The second-order valence-corrected chi connectivity index (χ2v) is 13.9. The number of hydrogen-bond acceptors (Lipinski definition) is 12. The molecule has 0 bridgehead atoms. The summed E-state index contributed by atoms with van der Waals surface area (Å²) in [7, 11) is 2.32.